The minimum absolute atomic E-state index is 0.0212. The van der Waals surface area contributed by atoms with Crippen LogP contribution < -0.4 is 16.4 Å². The molecule has 25 heavy (non-hydrogen) atoms. The Balaban J connectivity index is 1.80. The Morgan fingerprint density at radius 2 is 1.92 bits per heavy atom. The number of rotatable bonds is 3. The van der Waals surface area contributed by atoms with Gasteiger partial charge < -0.3 is 16.4 Å². The Morgan fingerprint density at radius 1 is 1.24 bits per heavy atom. The van der Waals surface area contributed by atoms with Crippen LogP contribution >= 0.6 is 0 Å². The molecule has 1 fully saturated rings. The second kappa shape index (κ2) is 6.50. The third kappa shape index (κ3) is 3.17. The summed E-state index contributed by atoms with van der Waals surface area (Å²) in [6, 6.07) is 3.34. The fourth-order valence-electron chi connectivity index (χ4n) is 3.22. The van der Waals surface area contributed by atoms with E-state index in [0.717, 1.165) is 12.1 Å². The number of hydrogen-bond donors (Lipinski definition) is 2. The topological polar surface area (TPSA) is 111 Å². The van der Waals surface area contributed by atoms with Crippen molar-refractivity contribution >= 4 is 22.9 Å². The minimum Gasteiger partial charge on any atom is -0.393 e. The zero-order valence-corrected chi connectivity index (χ0v) is 13.3. The van der Waals surface area contributed by atoms with Gasteiger partial charge in [0.1, 0.15) is 17.3 Å². The fourth-order valence-corrected chi connectivity index (χ4v) is 3.22. The maximum atomic E-state index is 13.9. The zero-order valence-electron chi connectivity index (χ0n) is 13.3. The van der Waals surface area contributed by atoms with Gasteiger partial charge in [-0.25, -0.2) is 13.8 Å². The van der Waals surface area contributed by atoms with Crippen molar-refractivity contribution in [2.45, 2.75) is 18.8 Å². The van der Waals surface area contributed by atoms with Crippen LogP contribution in [0, 0.1) is 21.7 Å². The molecule has 2 aromatic rings. The van der Waals surface area contributed by atoms with Crippen molar-refractivity contribution in [2.24, 2.45) is 0 Å². The van der Waals surface area contributed by atoms with Crippen LogP contribution in [-0.2, 0) is 0 Å². The predicted molar refractivity (Wildman–Crippen MR) is 90.3 cm³/mol. The summed E-state index contributed by atoms with van der Waals surface area (Å²) in [5.74, 6) is -1.25. The molecule has 1 aromatic heterocycles. The molecule has 0 radical (unpaired) electrons. The molecule has 0 bridgehead atoms. The van der Waals surface area contributed by atoms with Crippen LogP contribution in [0.15, 0.2) is 24.4 Å². The summed E-state index contributed by atoms with van der Waals surface area (Å²) in [5.41, 5.74) is 11.9. The van der Waals surface area contributed by atoms with Crippen molar-refractivity contribution < 1.29 is 13.7 Å². The Morgan fingerprint density at radius 3 is 2.56 bits per heavy atom. The average Bonchev–Trinajstić information content (AvgIpc) is 2.57. The number of pyridine rings is 1. The number of piperidine rings is 1. The van der Waals surface area contributed by atoms with Crippen molar-refractivity contribution in [3.8, 4) is 0 Å². The number of hydrogen-bond acceptors (Lipinski definition) is 6. The summed E-state index contributed by atoms with van der Waals surface area (Å²) >= 11 is 0. The number of halogens is 2. The molecule has 132 valence electrons. The summed E-state index contributed by atoms with van der Waals surface area (Å²) in [5, 5.41) is 11.1. The highest BCUT2D eigenvalue weighted by Crippen LogP contribution is 2.38. The Bertz CT molecular complexity index is 822. The summed E-state index contributed by atoms with van der Waals surface area (Å²) in [4.78, 5) is 16.1. The van der Waals surface area contributed by atoms with Gasteiger partial charge in [0, 0.05) is 30.9 Å². The molecular formula is C16H17F2N5O2. The molecule has 1 aliphatic heterocycles. The molecule has 0 unspecified atom stereocenters. The van der Waals surface area contributed by atoms with Crippen molar-refractivity contribution in [2.75, 3.05) is 29.5 Å². The van der Waals surface area contributed by atoms with E-state index in [0.29, 0.717) is 31.5 Å². The second-order valence-electron chi connectivity index (χ2n) is 5.98. The maximum absolute atomic E-state index is 13.9. The van der Waals surface area contributed by atoms with Gasteiger partial charge >= 0.3 is 5.69 Å². The van der Waals surface area contributed by atoms with Gasteiger partial charge in [-0.1, -0.05) is 0 Å². The third-order valence-corrected chi connectivity index (χ3v) is 4.52. The van der Waals surface area contributed by atoms with Gasteiger partial charge in [0.25, 0.3) is 0 Å². The van der Waals surface area contributed by atoms with E-state index in [-0.39, 0.29) is 28.8 Å². The Hall–Kier alpha value is -2.97. The summed E-state index contributed by atoms with van der Waals surface area (Å²) < 4.78 is 27.3. The molecule has 4 N–H and O–H groups in total. The van der Waals surface area contributed by atoms with Crippen molar-refractivity contribution in [3.05, 3.63) is 51.7 Å². The molecule has 0 atom stereocenters. The molecule has 0 aliphatic carbocycles. The predicted octanol–water partition coefficient (Wildman–Crippen LogP) is 2.82. The van der Waals surface area contributed by atoms with E-state index in [2.05, 4.69) is 4.98 Å². The van der Waals surface area contributed by atoms with Gasteiger partial charge in [-0.3, -0.25) is 10.1 Å². The lowest BCUT2D eigenvalue weighted by Gasteiger charge is -2.34. The first-order chi connectivity index (χ1) is 11.9. The molecular weight excluding hydrogens is 332 g/mol. The monoisotopic (exact) mass is 349 g/mol. The quantitative estimate of drug-likeness (QED) is 0.651. The molecule has 7 nitrogen and oxygen atoms in total. The molecule has 2 heterocycles. The van der Waals surface area contributed by atoms with Crippen molar-refractivity contribution in [1.82, 2.24) is 4.98 Å². The van der Waals surface area contributed by atoms with Crippen molar-refractivity contribution in [1.29, 1.82) is 0 Å². The molecule has 1 aromatic carbocycles. The molecule has 3 rings (SSSR count). The smallest absolute Gasteiger partial charge is 0.334 e. The van der Waals surface area contributed by atoms with E-state index in [9.17, 15) is 18.9 Å². The van der Waals surface area contributed by atoms with Crippen LogP contribution in [-0.4, -0.2) is 23.0 Å². The van der Waals surface area contributed by atoms with Gasteiger partial charge in [-0.2, -0.15) is 0 Å². The van der Waals surface area contributed by atoms with E-state index in [1.165, 1.54) is 12.3 Å². The highest BCUT2D eigenvalue weighted by atomic mass is 19.1. The van der Waals surface area contributed by atoms with E-state index < -0.39 is 16.6 Å². The highest BCUT2D eigenvalue weighted by Gasteiger charge is 2.28. The lowest BCUT2D eigenvalue weighted by molar-refractivity contribution is -0.383. The summed E-state index contributed by atoms with van der Waals surface area (Å²) in [7, 11) is 0. The lowest BCUT2D eigenvalue weighted by atomic mass is 9.89. The van der Waals surface area contributed by atoms with Crippen molar-refractivity contribution in [3.63, 3.8) is 0 Å². The van der Waals surface area contributed by atoms with Crippen LogP contribution in [0.3, 0.4) is 0 Å². The molecule has 1 saturated heterocycles. The van der Waals surface area contributed by atoms with Gasteiger partial charge in [-0.05, 0) is 30.9 Å². The maximum Gasteiger partial charge on any atom is 0.334 e. The van der Waals surface area contributed by atoms with Crippen LogP contribution in [0.25, 0.3) is 0 Å². The van der Waals surface area contributed by atoms with E-state index >= 15 is 0 Å². The number of benzene rings is 1. The molecule has 0 saturated carbocycles. The van der Waals surface area contributed by atoms with Crippen LogP contribution in [0.2, 0.25) is 0 Å². The highest BCUT2D eigenvalue weighted by molar-refractivity contribution is 5.72. The molecule has 0 amide bonds. The first kappa shape index (κ1) is 16.9. The molecule has 1 aliphatic rings. The average molecular weight is 349 g/mol. The molecule has 0 spiro atoms. The summed E-state index contributed by atoms with van der Waals surface area (Å²) in [6.07, 6.45) is 2.63. The Kier molecular flexibility index (Phi) is 4.39. The first-order valence-corrected chi connectivity index (χ1v) is 7.76. The fraction of sp³-hybridized carbons (Fsp3) is 0.312. The summed E-state index contributed by atoms with van der Waals surface area (Å²) in [6.45, 7) is 0.950. The number of anilines is 3. The normalized spacial score (nSPS) is 15.4. The number of nitro groups is 1. The van der Waals surface area contributed by atoms with E-state index in [4.69, 9.17) is 11.5 Å². The van der Waals surface area contributed by atoms with Crippen LogP contribution in [0.4, 0.5) is 31.7 Å². The molecule has 9 heteroatoms. The first-order valence-electron chi connectivity index (χ1n) is 7.76. The SMILES string of the molecule is Nc1ncc(C2CCN(c3cc(F)ccc3F)CC2)c(N)c1[N+](=O)[O-]. The standard InChI is InChI=1S/C16H17F2N5O2/c17-10-1-2-12(18)13(7-10)22-5-3-9(4-6-22)11-8-21-16(20)15(14(11)19)23(24)25/h1-2,7-9H,3-6H2,(H4,19,20,21). The van der Waals surface area contributed by atoms with E-state index in [1.807, 2.05) is 0 Å². The van der Waals surface area contributed by atoms with Crippen LogP contribution in [0.1, 0.15) is 24.3 Å². The van der Waals surface area contributed by atoms with Crippen LogP contribution in [0.5, 0.6) is 0 Å². The number of aromatic nitrogens is 1. The van der Waals surface area contributed by atoms with Gasteiger partial charge in [0.05, 0.1) is 10.6 Å². The lowest BCUT2D eigenvalue weighted by Crippen LogP contribution is -2.33. The van der Waals surface area contributed by atoms with Gasteiger partial charge in [0.2, 0.25) is 5.82 Å². The van der Waals surface area contributed by atoms with E-state index in [1.54, 1.807) is 4.90 Å². The third-order valence-electron chi connectivity index (χ3n) is 4.52. The largest absolute Gasteiger partial charge is 0.393 e. The number of nitrogens with zero attached hydrogens (tertiary/aromatic N) is 3. The van der Waals surface area contributed by atoms with Gasteiger partial charge in [0.15, 0.2) is 0 Å². The van der Waals surface area contributed by atoms with Gasteiger partial charge in [-0.15, -0.1) is 0 Å². The Labute approximate surface area is 142 Å². The second-order valence-corrected chi connectivity index (χ2v) is 5.98. The minimum atomic E-state index is -0.640. The number of nitrogens with two attached hydrogens (primary N) is 2. The zero-order chi connectivity index (χ0) is 18.1. The number of nitrogen functional groups attached to an aromatic ring is 2.